The van der Waals surface area contributed by atoms with E-state index in [1.807, 2.05) is 26.0 Å². The van der Waals surface area contributed by atoms with E-state index in [4.69, 9.17) is 11.6 Å². The van der Waals surface area contributed by atoms with Gasteiger partial charge in [-0.3, -0.25) is 9.59 Å². The van der Waals surface area contributed by atoms with Gasteiger partial charge in [-0.25, -0.2) is 0 Å². The third-order valence-electron chi connectivity index (χ3n) is 5.25. The maximum atomic E-state index is 13.0. The Bertz CT molecular complexity index is 1080. The fourth-order valence-corrected chi connectivity index (χ4v) is 3.66. The van der Waals surface area contributed by atoms with Crippen LogP contribution in [0.1, 0.15) is 32.7 Å². The van der Waals surface area contributed by atoms with Crippen LogP contribution >= 0.6 is 11.6 Å². The first kappa shape index (κ1) is 16.9. The number of nitrogens with zero attached hydrogens (tertiary/aromatic N) is 1. The molecular formula is C21H19ClN2O2. The first-order valence-electron chi connectivity index (χ1n) is 8.64. The number of pyridine rings is 1. The molecule has 0 unspecified atom stereocenters. The van der Waals surface area contributed by atoms with Crippen LogP contribution in [-0.4, -0.2) is 22.3 Å². The molecule has 0 aliphatic carbocycles. The number of benzene rings is 2. The fraction of sp³-hybridized carbons (Fsp3) is 0.238. The first-order chi connectivity index (χ1) is 12.5. The minimum atomic E-state index is -0.0769. The largest absolute Gasteiger partial charge is 0.358 e. The Morgan fingerprint density at radius 1 is 1.12 bits per heavy atom. The molecule has 5 heteroatoms. The van der Waals surface area contributed by atoms with Gasteiger partial charge >= 0.3 is 0 Å². The van der Waals surface area contributed by atoms with Crippen molar-refractivity contribution in [2.24, 2.45) is 0 Å². The van der Waals surface area contributed by atoms with Crippen LogP contribution in [0.15, 0.2) is 41.2 Å². The molecule has 1 amide bonds. The van der Waals surface area contributed by atoms with Crippen LogP contribution in [0.3, 0.4) is 0 Å². The standard InChI is InChI=1S/C21H19ClN2O2/c1-12-3-8-16-19(13(12)2)23-18-9-10-24(11-17(18)20(16)25)21(26)14-4-6-15(22)7-5-14/h3-8H,9-11H2,1-2H3,(H,23,25). The van der Waals surface area contributed by atoms with Crippen molar-refractivity contribution in [1.82, 2.24) is 9.88 Å². The Morgan fingerprint density at radius 2 is 1.85 bits per heavy atom. The molecule has 1 aromatic heterocycles. The second-order valence-electron chi connectivity index (χ2n) is 6.82. The second kappa shape index (κ2) is 6.29. The monoisotopic (exact) mass is 366 g/mol. The number of aryl methyl sites for hydroxylation is 2. The average molecular weight is 367 g/mol. The van der Waals surface area contributed by atoms with Crippen LogP contribution < -0.4 is 5.43 Å². The Kier molecular flexibility index (Phi) is 4.08. The van der Waals surface area contributed by atoms with Gasteiger partial charge < -0.3 is 9.88 Å². The molecule has 2 heterocycles. The molecule has 2 aromatic carbocycles. The first-order valence-corrected chi connectivity index (χ1v) is 9.02. The Labute approximate surface area is 156 Å². The number of aromatic nitrogens is 1. The van der Waals surface area contributed by atoms with E-state index in [1.54, 1.807) is 29.2 Å². The summed E-state index contributed by atoms with van der Waals surface area (Å²) in [7, 11) is 0. The minimum Gasteiger partial charge on any atom is -0.358 e. The van der Waals surface area contributed by atoms with Crippen molar-refractivity contribution < 1.29 is 4.79 Å². The Hall–Kier alpha value is -2.59. The number of halogens is 1. The molecule has 0 radical (unpaired) electrons. The molecule has 3 aromatic rings. The molecule has 1 aliphatic rings. The van der Waals surface area contributed by atoms with E-state index in [-0.39, 0.29) is 11.3 Å². The molecule has 0 saturated carbocycles. The highest BCUT2D eigenvalue weighted by molar-refractivity contribution is 6.30. The highest BCUT2D eigenvalue weighted by atomic mass is 35.5. The Morgan fingerprint density at radius 3 is 2.58 bits per heavy atom. The number of carbonyl (C=O) groups is 1. The molecular weight excluding hydrogens is 348 g/mol. The summed E-state index contributed by atoms with van der Waals surface area (Å²) in [6.45, 7) is 4.98. The van der Waals surface area contributed by atoms with Gasteiger partial charge in [0.2, 0.25) is 0 Å². The van der Waals surface area contributed by atoms with E-state index in [1.165, 1.54) is 0 Å². The van der Waals surface area contributed by atoms with E-state index < -0.39 is 0 Å². The molecule has 132 valence electrons. The van der Waals surface area contributed by atoms with Crippen molar-refractivity contribution >= 4 is 28.4 Å². The molecule has 1 N–H and O–H groups in total. The van der Waals surface area contributed by atoms with Gasteiger partial charge in [-0.1, -0.05) is 17.7 Å². The number of H-pyrrole nitrogens is 1. The summed E-state index contributed by atoms with van der Waals surface area (Å²) < 4.78 is 0. The molecule has 0 saturated heterocycles. The average Bonchev–Trinajstić information content (AvgIpc) is 2.65. The quantitative estimate of drug-likeness (QED) is 0.707. The van der Waals surface area contributed by atoms with Crippen molar-refractivity contribution in [2.45, 2.75) is 26.8 Å². The lowest BCUT2D eigenvalue weighted by Crippen LogP contribution is -2.39. The summed E-state index contributed by atoms with van der Waals surface area (Å²) in [4.78, 5) is 31.0. The lowest BCUT2D eigenvalue weighted by Gasteiger charge is -2.29. The summed E-state index contributed by atoms with van der Waals surface area (Å²) in [5, 5.41) is 1.28. The molecule has 4 nitrogen and oxygen atoms in total. The lowest BCUT2D eigenvalue weighted by molar-refractivity contribution is 0.0733. The predicted octanol–water partition coefficient (Wildman–Crippen LogP) is 4.00. The van der Waals surface area contributed by atoms with Gasteiger partial charge in [0.1, 0.15) is 0 Å². The maximum Gasteiger partial charge on any atom is 0.254 e. The summed E-state index contributed by atoms with van der Waals surface area (Å²) in [6.07, 6.45) is 0.646. The third-order valence-corrected chi connectivity index (χ3v) is 5.51. The predicted molar refractivity (Wildman–Crippen MR) is 104 cm³/mol. The topological polar surface area (TPSA) is 53.2 Å². The number of amides is 1. The van der Waals surface area contributed by atoms with E-state index in [2.05, 4.69) is 4.98 Å². The van der Waals surface area contributed by atoms with Crippen molar-refractivity contribution in [3.63, 3.8) is 0 Å². The zero-order valence-corrected chi connectivity index (χ0v) is 15.5. The summed E-state index contributed by atoms with van der Waals surface area (Å²) >= 11 is 5.90. The fourth-order valence-electron chi connectivity index (χ4n) is 3.54. The number of hydrogen-bond acceptors (Lipinski definition) is 2. The van der Waals surface area contributed by atoms with Gasteiger partial charge in [-0.15, -0.1) is 0 Å². The molecule has 0 spiro atoms. The Balaban J connectivity index is 1.74. The number of carbonyl (C=O) groups excluding carboxylic acids is 1. The number of nitrogens with one attached hydrogen (secondary N) is 1. The van der Waals surface area contributed by atoms with E-state index >= 15 is 0 Å². The number of hydrogen-bond donors (Lipinski definition) is 1. The van der Waals surface area contributed by atoms with Gasteiger partial charge in [0.15, 0.2) is 5.43 Å². The molecule has 0 fully saturated rings. The zero-order valence-electron chi connectivity index (χ0n) is 14.7. The van der Waals surface area contributed by atoms with Crippen LogP contribution in [0.4, 0.5) is 0 Å². The van der Waals surface area contributed by atoms with Gasteiger partial charge in [0.25, 0.3) is 5.91 Å². The third kappa shape index (κ3) is 2.71. The minimum absolute atomic E-state index is 0.0189. The van der Waals surface area contributed by atoms with Gasteiger partial charge in [0, 0.05) is 40.2 Å². The number of fused-ring (bicyclic) bond motifs is 2. The molecule has 1 aliphatic heterocycles. The van der Waals surface area contributed by atoms with Gasteiger partial charge in [-0.05, 0) is 55.3 Å². The van der Waals surface area contributed by atoms with Crippen LogP contribution in [-0.2, 0) is 13.0 Å². The zero-order chi connectivity index (χ0) is 18.4. The summed E-state index contributed by atoms with van der Waals surface area (Å²) in [5.41, 5.74) is 5.40. The van der Waals surface area contributed by atoms with Crippen molar-refractivity contribution in [3.05, 3.63) is 79.6 Å². The molecule has 0 atom stereocenters. The van der Waals surface area contributed by atoms with Gasteiger partial charge in [-0.2, -0.15) is 0 Å². The summed E-state index contributed by atoms with van der Waals surface area (Å²) in [5.74, 6) is -0.0769. The smallest absolute Gasteiger partial charge is 0.254 e. The number of aromatic amines is 1. The second-order valence-corrected chi connectivity index (χ2v) is 7.26. The van der Waals surface area contributed by atoms with Crippen molar-refractivity contribution in [2.75, 3.05) is 6.54 Å². The van der Waals surface area contributed by atoms with Crippen LogP contribution in [0.5, 0.6) is 0 Å². The number of rotatable bonds is 1. The van der Waals surface area contributed by atoms with Crippen molar-refractivity contribution in [3.8, 4) is 0 Å². The maximum absolute atomic E-state index is 13.0. The van der Waals surface area contributed by atoms with Crippen molar-refractivity contribution in [1.29, 1.82) is 0 Å². The van der Waals surface area contributed by atoms with E-state index in [0.29, 0.717) is 41.0 Å². The normalized spacial score (nSPS) is 13.7. The van der Waals surface area contributed by atoms with Crippen LogP contribution in [0, 0.1) is 13.8 Å². The summed E-state index contributed by atoms with van der Waals surface area (Å²) in [6, 6.07) is 10.7. The van der Waals surface area contributed by atoms with E-state index in [9.17, 15) is 9.59 Å². The molecule has 26 heavy (non-hydrogen) atoms. The highest BCUT2D eigenvalue weighted by Crippen LogP contribution is 2.23. The SMILES string of the molecule is Cc1ccc2c(=O)c3c([nH]c2c1C)CCN(C(=O)c1ccc(Cl)cc1)C3. The van der Waals surface area contributed by atoms with E-state index in [0.717, 1.165) is 22.3 Å². The van der Waals surface area contributed by atoms with Crippen LogP contribution in [0.2, 0.25) is 5.02 Å². The highest BCUT2D eigenvalue weighted by Gasteiger charge is 2.25. The molecule has 4 rings (SSSR count). The molecule has 0 bridgehead atoms. The van der Waals surface area contributed by atoms with Crippen LogP contribution in [0.25, 0.3) is 10.9 Å². The lowest BCUT2D eigenvalue weighted by atomic mass is 9.98. The van der Waals surface area contributed by atoms with Gasteiger partial charge in [0.05, 0.1) is 12.1 Å².